The summed E-state index contributed by atoms with van der Waals surface area (Å²) in [6, 6.07) is 12.7. The molecule has 0 bridgehead atoms. The van der Waals surface area contributed by atoms with Crippen molar-refractivity contribution in [3.63, 3.8) is 0 Å². The molecule has 0 spiro atoms. The van der Waals surface area contributed by atoms with Crippen LogP contribution in [0.5, 0.6) is 0 Å². The van der Waals surface area contributed by atoms with Gasteiger partial charge >= 0.3 is 0 Å². The molecular weight excluding hydrogens is 482 g/mol. The lowest BCUT2D eigenvalue weighted by atomic mass is 9.98. The fraction of sp³-hybridized carbons (Fsp3) is 0.200. The van der Waals surface area contributed by atoms with Crippen molar-refractivity contribution in [2.24, 2.45) is 16.5 Å². The number of nitrogens with zero attached hydrogens (tertiary/aromatic N) is 2. The Kier molecular flexibility index (Phi) is 8.00. The number of nitrogens with one attached hydrogen (secondary N) is 2. The molecule has 0 aliphatic rings. The van der Waals surface area contributed by atoms with Gasteiger partial charge in [0.25, 0.3) is 0 Å². The van der Waals surface area contributed by atoms with E-state index in [1.807, 2.05) is 13.8 Å². The number of amidine groups is 1. The summed E-state index contributed by atoms with van der Waals surface area (Å²) in [5.41, 5.74) is 19.7. The smallest absolute Gasteiger partial charge is 0.248 e. The van der Waals surface area contributed by atoms with E-state index >= 15 is 0 Å². The summed E-state index contributed by atoms with van der Waals surface area (Å²) < 4.78 is 0.815. The van der Waals surface area contributed by atoms with Crippen LogP contribution < -0.4 is 28.0 Å². The van der Waals surface area contributed by atoms with E-state index in [4.69, 9.17) is 34.2 Å². The van der Waals surface area contributed by atoms with Gasteiger partial charge in [-0.15, -0.1) is 0 Å². The van der Waals surface area contributed by atoms with Crippen molar-refractivity contribution in [1.82, 2.24) is 10.0 Å². The normalized spacial score (nSPS) is 11.5. The number of halogens is 1. The van der Waals surface area contributed by atoms with E-state index in [-0.39, 0.29) is 52.3 Å². The minimum Gasteiger partial charge on any atom is -0.427 e. The molecule has 9 N–H and O–H groups in total. The molecule has 0 unspecified atom stereocenters. The van der Waals surface area contributed by atoms with Crippen LogP contribution >= 0.6 is 11.6 Å². The van der Waals surface area contributed by atoms with Crippen LogP contribution in [0.15, 0.2) is 53.5 Å². The van der Waals surface area contributed by atoms with Gasteiger partial charge in [0.1, 0.15) is 5.84 Å². The second-order valence-corrected chi connectivity index (χ2v) is 8.89. The number of nitrogens with two attached hydrogens (primary N) is 3. The molecule has 0 saturated heterocycles. The molecule has 0 aliphatic heterocycles. The van der Waals surface area contributed by atoms with Crippen LogP contribution in [-0.2, 0) is 17.8 Å². The van der Waals surface area contributed by atoms with Gasteiger partial charge in [-0.1, -0.05) is 35.9 Å². The zero-order valence-electron chi connectivity index (χ0n) is 19.9. The Hall–Kier alpha value is -4.31. The second kappa shape index (κ2) is 11.0. The van der Waals surface area contributed by atoms with E-state index in [0.29, 0.717) is 16.7 Å². The number of pyridine rings is 1. The fourth-order valence-corrected chi connectivity index (χ4v) is 3.92. The van der Waals surface area contributed by atoms with Crippen LogP contribution in [0, 0.1) is 5.41 Å². The zero-order valence-corrected chi connectivity index (χ0v) is 20.6. The van der Waals surface area contributed by atoms with Crippen LogP contribution in [0.4, 0.5) is 5.69 Å². The molecule has 0 fully saturated rings. The number of aromatic nitrogens is 1. The van der Waals surface area contributed by atoms with Crippen molar-refractivity contribution in [2.75, 3.05) is 5.73 Å². The number of primary amides is 1. The van der Waals surface area contributed by atoms with Crippen molar-refractivity contribution in [3.05, 3.63) is 81.4 Å². The molecule has 2 amide bonds. The van der Waals surface area contributed by atoms with Gasteiger partial charge in [-0.3, -0.25) is 20.0 Å². The van der Waals surface area contributed by atoms with E-state index < -0.39 is 11.8 Å². The molecule has 1 aromatic heterocycles. The van der Waals surface area contributed by atoms with Gasteiger partial charge in [-0.2, -0.15) is 4.73 Å². The molecular formula is C25H28ClN7O3. The molecule has 0 atom stereocenters. The van der Waals surface area contributed by atoms with Crippen molar-refractivity contribution < 1.29 is 14.8 Å². The third-order valence-corrected chi connectivity index (χ3v) is 5.56. The number of hydrogen-bond donors (Lipinski definition) is 6. The minimum absolute atomic E-state index is 0.0461. The minimum atomic E-state index is -0.682. The van der Waals surface area contributed by atoms with Crippen molar-refractivity contribution in [1.29, 1.82) is 5.41 Å². The molecule has 36 heavy (non-hydrogen) atoms. The average Bonchev–Trinajstić information content (AvgIpc) is 2.80. The summed E-state index contributed by atoms with van der Waals surface area (Å²) in [5.74, 6) is -1.13. The molecule has 0 radical (unpaired) electrons. The van der Waals surface area contributed by atoms with E-state index in [1.54, 1.807) is 30.3 Å². The number of anilines is 1. The molecule has 10 nitrogen and oxygen atoms in total. The Labute approximate surface area is 212 Å². The van der Waals surface area contributed by atoms with Gasteiger partial charge in [-0.25, -0.2) is 0 Å². The summed E-state index contributed by atoms with van der Waals surface area (Å²) >= 11 is 6.60. The molecule has 0 aliphatic carbocycles. The highest BCUT2D eigenvalue weighted by Crippen LogP contribution is 2.32. The summed E-state index contributed by atoms with van der Waals surface area (Å²) in [4.78, 5) is 29.1. The predicted octanol–water partition coefficient (Wildman–Crippen LogP) is 2.18. The number of carbonyl (C=O) groups is 2. The first kappa shape index (κ1) is 26.3. The number of hydrogen-bond acceptors (Lipinski definition) is 6. The zero-order chi connectivity index (χ0) is 26.6. The van der Waals surface area contributed by atoms with E-state index in [9.17, 15) is 14.8 Å². The first-order chi connectivity index (χ1) is 17.0. The monoisotopic (exact) mass is 509 g/mol. The summed E-state index contributed by atoms with van der Waals surface area (Å²) in [5, 5.41) is 21.5. The second-order valence-electron chi connectivity index (χ2n) is 8.48. The van der Waals surface area contributed by atoms with Gasteiger partial charge < -0.3 is 27.7 Å². The number of nitrogen functional groups attached to an aromatic ring is 2. The number of amides is 2. The SMILES string of the molecule is CC(C)N=c1cc(Cl)c(-c2cc(N)cc(C(N)=O)c2)c(CC(=O)NCc2ccc(C(=N)N)cc2)n1O. The Morgan fingerprint density at radius 3 is 2.36 bits per heavy atom. The van der Waals surface area contributed by atoms with Crippen LogP contribution in [0.25, 0.3) is 11.1 Å². The first-order valence-electron chi connectivity index (χ1n) is 11.0. The predicted molar refractivity (Wildman–Crippen MR) is 139 cm³/mol. The Bertz CT molecular complexity index is 1400. The summed E-state index contributed by atoms with van der Waals surface area (Å²) in [6.45, 7) is 3.89. The first-order valence-corrected chi connectivity index (χ1v) is 11.4. The quantitative estimate of drug-likeness (QED) is 0.117. The fourth-order valence-electron chi connectivity index (χ4n) is 3.61. The van der Waals surface area contributed by atoms with Crippen molar-refractivity contribution in [3.8, 4) is 11.1 Å². The Morgan fingerprint density at radius 2 is 1.78 bits per heavy atom. The van der Waals surface area contributed by atoms with Crippen LogP contribution in [0.2, 0.25) is 5.02 Å². The molecule has 3 aromatic rings. The maximum atomic E-state index is 12.9. The molecule has 11 heteroatoms. The third-order valence-electron chi connectivity index (χ3n) is 5.26. The van der Waals surface area contributed by atoms with E-state index in [1.165, 1.54) is 18.2 Å². The lowest BCUT2D eigenvalue weighted by Crippen LogP contribution is -2.30. The highest BCUT2D eigenvalue weighted by molar-refractivity contribution is 6.33. The van der Waals surface area contributed by atoms with Gasteiger partial charge in [0, 0.05) is 41.0 Å². The Balaban J connectivity index is 2.01. The van der Waals surface area contributed by atoms with Gasteiger partial charge in [0.15, 0.2) is 5.49 Å². The van der Waals surface area contributed by atoms with Gasteiger partial charge in [0.05, 0.1) is 17.1 Å². The van der Waals surface area contributed by atoms with Gasteiger partial charge in [-0.05, 0) is 43.2 Å². The molecule has 1 heterocycles. The van der Waals surface area contributed by atoms with Crippen LogP contribution in [0.3, 0.4) is 0 Å². The summed E-state index contributed by atoms with van der Waals surface area (Å²) in [6.07, 6.45) is -0.251. The molecule has 2 aromatic carbocycles. The van der Waals surface area contributed by atoms with Crippen LogP contribution in [0.1, 0.15) is 41.0 Å². The highest BCUT2D eigenvalue weighted by atomic mass is 35.5. The maximum absolute atomic E-state index is 12.9. The van der Waals surface area contributed by atoms with E-state index in [0.717, 1.165) is 10.3 Å². The number of rotatable bonds is 8. The van der Waals surface area contributed by atoms with Gasteiger partial charge in [0.2, 0.25) is 11.8 Å². The third kappa shape index (κ3) is 6.22. The maximum Gasteiger partial charge on any atom is 0.248 e. The molecule has 0 saturated carbocycles. The van der Waals surface area contributed by atoms with Crippen LogP contribution in [-0.4, -0.2) is 33.6 Å². The number of benzene rings is 2. The Morgan fingerprint density at radius 1 is 1.11 bits per heavy atom. The topological polar surface area (TPSA) is 186 Å². The number of carbonyl (C=O) groups excluding carboxylic acids is 2. The average molecular weight is 510 g/mol. The lowest BCUT2D eigenvalue weighted by molar-refractivity contribution is -0.120. The lowest BCUT2D eigenvalue weighted by Gasteiger charge is -2.17. The molecule has 3 rings (SSSR count). The largest absolute Gasteiger partial charge is 0.427 e. The highest BCUT2D eigenvalue weighted by Gasteiger charge is 2.20. The summed E-state index contributed by atoms with van der Waals surface area (Å²) in [7, 11) is 0. The van der Waals surface area contributed by atoms with Crippen molar-refractivity contribution >= 4 is 34.9 Å². The standard InChI is InChI=1S/C25H28ClN7O3/c1-13(2)32-21-10-19(26)23(16-7-17(25(30)35)9-18(27)8-16)20(33(21)36)11-22(34)31-12-14-3-5-15(6-4-14)24(28)29/h3-10,13,36H,11-12,27H2,1-2H3,(H3,28,29)(H2,30,35)(H,31,34). The molecule has 188 valence electrons. The van der Waals surface area contributed by atoms with Crippen molar-refractivity contribution in [2.45, 2.75) is 32.9 Å². The van der Waals surface area contributed by atoms with E-state index in [2.05, 4.69) is 10.3 Å².